The number of carbonyl (C=O) groups is 1. The molecule has 0 radical (unpaired) electrons. The Morgan fingerprint density at radius 3 is 2.58 bits per heavy atom. The lowest BCUT2D eigenvalue weighted by Crippen LogP contribution is -2.53. The lowest BCUT2D eigenvalue weighted by atomic mass is 9.93. The molecule has 114 valence electrons. The van der Waals surface area contributed by atoms with Crippen LogP contribution in [0.25, 0.3) is 0 Å². The number of carboxylic acid groups (broad SMARTS) is 1. The van der Waals surface area contributed by atoms with E-state index in [2.05, 4.69) is 17.1 Å². The van der Waals surface area contributed by atoms with Gasteiger partial charge in [-0.05, 0) is 47.2 Å². The van der Waals surface area contributed by atoms with Crippen LogP contribution in [0.15, 0.2) is 0 Å². The number of nitrogens with one attached hydrogen (secondary N) is 1. The molecule has 0 saturated heterocycles. The topological polar surface area (TPSA) is 61.8 Å². The molecule has 0 aliphatic heterocycles. The van der Waals surface area contributed by atoms with Crippen molar-refractivity contribution in [3.05, 3.63) is 0 Å². The smallest absolute Gasteiger partial charge is 0.323 e. The Morgan fingerprint density at radius 1 is 1.47 bits per heavy atom. The van der Waals surface area contributed by atoms with Crippen LogP contribution >= 0.6 is 0 Å². The number of hydrogen-bond acceptors (Lipinski definition) is 4. The number of hydrogen-bond donors (Lipinski definition) is 2. The Morgan fingerprint density at radius 2 is 2.11 bits per heavy atom. The molecule has 0 aliphatic rings. The van der Waals surface area contributed by atoms with Gasteiger partial charge >= 0.3 is 5.97 Å². The highest BCUT2D eigenvalue weighted by Crippen LogP contribution is 2.16. The Balaban J connectivity index is 4.36. The van der Waals surface area contributed by atoms with Gasteiger partial charge in [0.15, 0.2) is 0 Å². The highest BCUT2D eigenvalue weighted by Gasteiger charge is 2.34. The van der Waals surface area contributed by atoms with Gasteiger partial charge in [0.1, 0.15) is 5.54 Å². The predicted octanol–water partition coefficient (Wildman–Crippen LogP) is 1.58. The minimum Gasteiger partial charge on any atom is -0.480 e. The number of nitrogens with zero attached hydrogens (tertiary/aromatic N) is 1. The van der Waals surface area contributed by atoms with Crippen LogP contribution in [0.5, 0.6) is 0 Å². The van der Waals surface area contributed by atoms with Crippen LogP contribution in [0.2, 0.25) is 0 Å². The van der Waals surface area contributed by atoms with Crippen molar-refractivity contribution < 1.29 is 14.6 Å². The maximum atomic E-state index is 11.4. The second-order valence-electron chi connectivity index (χ2n) is 5.29. The van der Waals surface area contributed by atoms with Gasteiger partial charge in [-0.3, -0.25) is 4.79 Å². The van der Waals surface area contributed by atoms with Gasteiger partial charge in [-0.2, -0.15) is 0 Å². The normalized spacial score (nSPS) is 16.3. The van der Waals surface area contributed by atoms with Gasteiger partial charge < -0.3 is 20.1 Å². The van der Waals surface area contributed by atoms with E-state index < -0.39 is 11.5 Å². The molecule has 2 unspecified atom stereocenters. The van der Waals surface area contributed by atoms with E-state index in [1.807, 2.05) is 20.9 Å². The quantitative estimate of drug-likeness (QED) is 0.560. The van der Waals surface area contributed by atoms with Crippen LogP contribution in [0.1, 0.15) is 40.5 Å². The van der Waals surface area contributed by atoms with Crippen molar-refractivity contribution in [2.75, 3.05) is 33.4 Å². The van der Waals surface area contributed by atoms with E-state index >= 15 is 0 Å². The fourth-order valence-corrected chi connectivity index (χ4v) is 1.96. The van der Waals surface area contributed by atoms with E-state index in [0.29, 0.717) is 19.6 Å². The first kappa shape index (κ1) is 18.4. The summed E-state index contributed by atoms with van der Waals surface area (Å²) in [6.07, 6.45) is 1.50. The summed E-state index contributed by atoms with van der Waals surface area (Å²) >= 11 is 0. The first-order chi connectivity index (χ1) is 8.87. The van der Waals surface area contributed by atoms with Gasteiger partial charge in [0.05, 0.1) is 6.61 Å². The highest BCUT2D eigenvalue weighted by molar-refractivity contribution is 5.78. The number of rotatable bonds is 11. The molecule has 0 bridgehead atoms. The van der Waals surface area contributed by atoms with E-state index in [1.54, 1.807) is 6.92 Å². The molecule has 0 aromatic heterocycles. The van der Waals surface area contributed by atoms with Crippen molar-refractivity contribution in [3.63, 3.8) is 0 Å². The summed E-state index contributed by atoms with van der Waals surface area (Å²) in [4.78, 5) is 13.6. The zero-order valence-corrected chi connectivity index (χ0v) is 13.0. The fraction of sp³-hybridized carbons (Fsp3) is 0.929. The van der Waals surface area contributed by atoms with Gasteiger partial charge in [0.2, 0.25) is 0 Å². The second kappa shape index (κ2) is 9.28. The molecule has 5 heteroatoms. The molecule has 0 spiro atoms. The van der Waals surface area contributed by atoms with E-state index in [0.717, 1.165) is 19.5 Å². The monoisotopic (exact) mass is 274 g/mol. The standard InChI is InChI=1S/C14H30N2O3/c1-6-8-15-14(4,13(17)18)11-12(3)16(5)9-10-19-7-2/h12,15H,6-11H2,1-5H3,(H,17,18). The first-order valence-corrected chi connectivity index (χ1v) is 7.13. The molecule has 0 amide bonds. The Labute approximate surface area is 117 Å². The van der Waals surface area contributed by atoms with Crippen LogP contribution in [-0.2, 0) is 9.53 Å². The summed E-state index contributed by atoms with van der Waals surface area (Å²) in [5.41, 5.74) is -0.866. The second-order valence-corrected chi connectivity index (χ2v) is 5.29. The van der Waals surface area contributed by atoms with Gasteiger partial charge in [0.25, 0.3) is 0 Å². The zero-order valence-electron chi connectivity index (χ0n) is 13.0. The van der Waals surface area contributed by atoms with Gasteiger partial charge in [-0.15, -0.1) is 0 Å². The molecule has 5 nitrogen and oxygen atoms in total. The summed E-state index contributed by atoms with van der Waals surface area (Å²) in [5, 5.41) is 12.5. The van der Waals surface area contributed by atoms with E-state index in [-0.39, 0.29) is 6.04 Å². The van der Waals surface area contributed by atoms with Gasteiger partial charge in [-0.1, -0.05) is 6.92 Å². The fourth-order valence-electron chi connectivity index (χ4n) is 1.96. The molecular formula is C14H30N2O3. The van der Waals surface area contributed by atoms with E-state index in [1.165, 1.54) is 0 Å². The molecule has 0 heterocycles. The maximum absolute atomic E-state index is 11.4. The van der Waals surface area contributed by atoms with E-state index in [4.69, 9.17) is 4.74 Å². The Bertz CT molecular complexity index is 261. The van der Waals surface area contributed by atoms with Gasteiger partial charge in [0, 0.05) is 19.2 Å². The summed E-state index contributed by atoms with van der Waals surface area (Å²) in [7, 11) is 2.01. The average molecular weight is 274 g/mol. The molecule has 0 fully saturated rings. The first-order valence-electron chi connectivity index (χ1n) is 7.13. The molecule has 0 saturated carbocycles. The minimum absolute atomic E-state index is 0.186. The predicted molar refractivity (Wildman–Crippen MR) is 77.5 cm³/mol. The largest absolute Gasteiger partial charge is 0.480 e. The molecule has 0 aromatic rings. The molecule has 0 aromatic carbocycles. The van der Waals surface area contributed by atoms with Crippen molar-refractivity contribution in [1.29, 1.82) is 0 Å². The lowest BCUT2D eigenvalue weighted by Gasteiger charge is -2.33. The summed E-state index contributed by atoms with van der Waals surface area (Å²) in [6, 6.07) is 0.186. The van der Waals surface area contributed by atoms with Crippen molar-refractivity contribution in [2.45, 2.75) is 52.1 Å². The van der Waals surface area contributed by atoms with E-state index in [9.17, 15) is 9.90 Å². The Hall–Kier alpha value is -0.650. The van der Waals surface area contributed by atoms with Crippen molar-refractivity contribution in [1.82, 2.24) is 10.2 Å². The van der Waals surface area contributed by atoms with Crippen LogP contribution < -0.4 is 5.32 Å². The third kappa shape index (κ3) is 6.89. The van der Waals surface area contributed by atoms with Gasteiger partial charge in [-0.25, -0.2) is 0 Å². The van der Waals surface area contributed by atoms with Crippen molar-refractivity contribution >= 4 is 5.97 Å². The minimum atomic E-state index is -0.866. The molecule has 2 atom stereocenters. The summed E-state index contributed by atoms with van der Waals surface area (Å²) in [6.45, 7) is 10.8. The number of likely N-dealkylation sites (N-methyl/N-ethyl adjacent to an activating group) is 1. The van der Waals surface area contributed by atoms with Crippen molar-refractivity contribution in [3.8, 4) is 0 Å². The summed E-state index contributed by atoms with van der Waals surface area (Å²) < 4.78 is 5.32. The summed E-state index contributed by atoms with van der Waals surface area (Å²) in [5.74, 6) is -0.786. The third-order valence-corrected chi connectivity index (χ3v) is 3.49. The van der Waals surface area contributed by atoms with Crippen molar-refractivity contribution in [2.24, 2.45) is 0 Å². The van der Waals surface area contributed by atoms with Crippen LogP contribution in [-0.4, -0.2) is 60.9 Å². The number of aliphatic carboxylic acids is 1. The molecule has 2 N–H and O–H groups in total. The SMILES string of the molecule is CCCNC(C)(CC(C)N(C)CCOCC)C(=O)O. The number of ether oxygens (including phenoxy) is 1. The average Bonchev–Trinajstić information content (AvgIpc) is 2.36. The lowest BCUT2D eigenvalue weighted by molar-refractivity contribution is -0.145. The Kier molecular flexibility index (Phi) is 8.97. The van der Waals surface area contributed by atoms with Crippen LogP contribution in [0, 0.1) is 0 Å². The van der Waals surface area contributed by atoms with Crippen LogP contribution in [0.3, 0.4) is 0 Å². The maximum Gasteiger partial charge on any atom is 0.323 e. The third-order valence-electron chi connectivity index (χ3n) is 3.49. The molecule has 0 aliphatic carbocycles. The zero-order chi connectivity index (χ0) is 14.9. The molecular weight excluding hydrogens is 244 g/mol. The molecule has 0 rings (SSSR count). The number of carboxylic acids is 1. The van der Waals surface area contributed by atoms with Crippen LogP contribution in [0.4, 0.5) is 0 Å². The highest BCUT2D eigenvalue weighted by atomic mass is 16.5. The molecule has 19 heavy (non-hydrogen) atoms.